The third kappa shape index (κ3) is 3.74. The second-order valence-corrected chi connectivity index (χ2v) is 6.62. The predicted octanol–water partition coefficient (Wildman–Crippen LogP) is 3.90. The third-order valence-corrected chi connectivity index (χ3v) is 3.42. The number of anilines is 1. The van der Waals surface area contributed by atoms with Crippen molar-refractivity contribution in [3.05, 3.63) is 53.1 Å². The quantitative estimate of drug-likeness (QED) is 0.659. The largest absolute Gasteiger partial charge is 0.478 e. The minimum Gasteiger partial charge on any atom is -0.478 e. The lowest BCUT2D eigenvalue weighted by Crippen LogP contribution is -2.24. The summed E-state index contributed by atoms with van der Waals surface area (Å²) in [7, 11) is 0. The summed E-state index contributed by atoms with van der Waals surface area (Å²) in [6.07, 6.45) is 0. The number of ether oxygens (including phenoxy) is 1. The van der Waals surface area contributed by atoms with Crippen LogP contribution in [0.3, 0.4) is 0 Å². The van der Waals surface area contributed by atoms with Gasteiger partial charge in [0.1, 0.15) is 5.60 Å². The van der Waals surface area contributed by atoms with Gasteiger partial charge in [0.2, 0.25) is 0 Å². The lowest BCUT2D eigenvalue weighted by molar-refractivity contribution is 0.00706. The van der Waals surface area contributed by atoms with E-state index in [4.69, 9.17) is 10.5 Å². The SMILES string of the molecule is Cc1ccc(-c2cccc(C(=O)OC(C)(C)C)c2N)c(C(=O)O)c1. The van der Waals surface area contributed by atoms with Crippen LogP contribution in [0, 0.1) is 6.92 Å². The molecular formula is C19H21NO4. The number of carbonyl (C=O) groups excluding carboxylic acids is 1. The number of nitrogen functional groups attached to an aromatic ring is 1. The zero-order valence-electron chi connectivity index (χ0n) is 14.2. The Morgan fingerprint density at radius 1 is 1.04 bits per heavy atom. The maximum absolute atomic E-state index is 12.3. The van der Waals surface area contributed by atoms with Gasteiger partial charge in [0.15, 0.2) is 0 Å². The Morgan fingerprint density at radius 3 is 2.29 bits per heavy atom. The van der Waals surface area contributed by atoms with Gasteiger partial charge in [-0.05, 0) is 45.4 Å². The molecule has 0 radical (unpaired) electrons. The predicted molar refractivity (Wildman–Crippen MR) is 93.2 cm³/mol. The van der Waals surface area contributed by atoms with Crippen molar-refractivity contribution in [3.63, 3.8) is 0 Å². The van der Waals surface area contributed by atoms with Gasteiger partial charge in [-0.15, -0.1) is 0 Å². The van der Waals surface area contributed by atoms with Crippen LogP contribution >= 0.6 is 0 Å². The van der Waals surface area contributed by atoms with Crippen LogP contribution < -0.4 is 5.73 Å². The number of carboxylic acid groups (broad SMARTS) is 1. The first-order valence-corrected chi connectivity index (χ1v) is 7.56. The molecule has 0 unspecified atom stereocenters. The van der Waals surface area contributed by atoms with Gasteiger partial charge in [0, 0.05) is 5.56 Å². The molecule has 0 heterocycles. The van der Waals surface area contributed by atoms with Crippen molar-refractivity contribution in [2.75, 3.05) is 5.73 Å². The fourth-order valence-corrected chi connectivity index (χ4v) is 2.38. The number of carbonyl (C=O) groups is 2. The van der Waals surface area contributed by atoms with E-state index in [2.05, 4.69) is 0 Å². The monoisotopic (exact) mass is 327 g/mol. The Hall–Kier alpha value is -2.82. The number of benzene rings is 2. The van der Waals surface area contributed by atoms with Gasteiger partial charge in [-0.1, -0.05) is 29.8 Å². The molecule has 0 aliphatic rings. The number of para-hydroxylation sites is 1. The fourth-order valence-electron chi connectivity index (χ4n) is 2.38. The molecule has 0 saturated carbocycles. The van der Waals surface area contributed by atoms with Gasteiger partial charge in [-0.2, -0.15) is 0 Å². The number of carboxylic acids is 1. The molecule has 5 nitrogen and oxygen atoms in total. The average Bonchev–Trinajstić information content (AvgIpc) is 2.45. The molecule has 0 spiro atoms. The van der Waals surface area contributed by atoms with Crippen molar-refractivity contribution in [1.82, 2.24) is 0 Å². The van der Waals surface area contributed by atoms with E-state index in [1.807, 2.05) is 6.92 Å². The first-order chi connectivity index (χ1) is 11.1. The molecule has 3 N–H and O–H groups in total. The van der Waals surface area contributed by atoms with Crippen LogP contribution in [-0.4, -0.2) is 22.6 Å². The maximum Gasteiger partial charge on any atom is 0.340 e. The summed E-state index contributed by atoms with van der Waals surface area (Å²) < 4.78 is 5.36. The molecule has 2 rings (SSSR count). The fraction of sp³-hybridized carbons (Fsp3) is 0.263. The van der Waals surface area contributed by atoms with Gasteiger partial charge in [0.25, 0.3) is 0 Å². The number of nitrogens with two attached hydrogens (primary N) is 1. The van der Waals surface area contributed by atoms with E-state index >= 15 is 0 Å². The minimum absolute atomic E-state index is 0.142. The number of rotatable bonds is 3. The summed E-state index contributed by atoms with van der Waals surface area (Å²) in [6, 6.07) is 10.0. The molecule has 0 aliphatic heterocycles. The summed E-state index contributed by atoms with van der Waals surface area (Å²) in [5.41, 5.74) is 7.87. The topological polar surface area (TPSA) is 89.6 Å². The Bertz CT molecular complexity index is 803. The minimum atomic E-state index is -1.05. The van der Waals surface area contributed by atoms with Gasteiger partial charge >= 0.3 is 11.9 Å². The van der Waals surface area contributed by atoms with Crippen LogP contribution in [0.5, 0.6) is 0 Å². The van der Waals surface area contributed by atoms with Crippen molar-refractivity contribution >= 4 is 17.6 Å². The zero-order valence-corrected chi connectivity index (χ0v) is 14.2. The number of aryl methyl sites for hydroxylation is 1. The van der Waals surface area contributed by atoms with E-state index < -0.39 is 17.5 Å². The molecule has 0 saturated heterocycles. The van der Waals surface area contributed by atoms with Crippen molar-refractivity contribution < 1.29 is 19.4 Å². The molecule has 0 atom stereocenters. The molecular weight excluding hydrogens is 306 g/mol. The maximum atomic E-state index is 12.3. The van der Waals surface area contributed by atoms with E-state index in [0.717, 1.165) is 5.56 Å². The van der Waals surface area contributed by atoms with Crippen LogP contribution in [0.4, 0.5) is 5.69 Å². The highest BCUT2D eigenvalue weighted by molar-refractivity contribution is 6.03. The Balaban J connectivity index is 2.57. The summed E-state index contributed by atoms with van der Waals surface area (Å²) in [5, 5.41) is 9.44. The highest BCUT2D eigenvalue weighted by atomic mass is 16.6. The molecule has 126 valence electrons. The smallest absolute Gasteiger partial charge is 0.340 e. The van der Waals surface area contributed by atoms with E-state index in [0.29, 0.717) is 11.1 Å². The second-order valence-electron chi connectivity index (χ2n) is 6.62. The van der Waals surface area contributed by atoms with Crippen LogP contribution in [0.25, 0.3) is 11.1 Å². The number of hydrogen-bond donors (Lipinski definition) is 2. The Morgan fingerprint density at radius 2 is 1.71 bits per heavy atom. The van der Waals surface area contributed by atoms with Gasteiger partial charge in [-0.3, -0.25) is 0 Å². The summed E-state index contributed by atoms with van der Waals surface area (Å²) in [5.74, 6) is -1.58. The Kier molecular flexibility index (Phi) is 4.64. The summed E-state index contributed by atoms with van der Waals surface area (Å²) >= 11 is 0. The summed E-state index contributed by atoms with van der Waals surface area (Å²) in [4.78, 5) is 23.9. The normalized spacial score (nSPS) is 11.2. The standard InChI is InChI=1S/C19H21NO4/c1-11-8-9-12(15(10-11)17(21)22)13-6-5-7-14(16(13)20)18(23)24-19(2,3)4/h5-10H,20H2,1-4H3,(H,21,22). The van der Waals surface area contributed by atoms with Crippen molar-refractivity contribution in [1.29, 1.82) is 0 Å². The molecule has 0 bridgehead atoms. The average molecular weight is 327 g/mol. The van der Waals surface area contributed by atoms with Crippen LogP contribution in [0.2, 0.25) is 0 Å². The van der Waals surface area contributed by atoms with Crippen molar-refractivity contribution in [2.24, 2.45) is 0 Å². The molecule has 2 aromatic carbocycles. The van der Waals surface area contributed by atoms with Gasteiger partial charge in [0.05, 0.1) is 16.8 Å². The van der Waals surface area contributed by atoms with Crippen molar-refractivity contribution in [2.45, 2.75) is 33.3 Å². The third-order valence-electron chi connectivity index (χ3n) is 3.42. The van der Waals surface area contributed by atoms with E-state index in [9.17, 15) is 14.7 Å². The lowest BCUT2D eigenvalue weighted by Gasteiger charge is -2.20. The lowest BCUT2D eigenvalue weighted by atomic mass is 9.94. The molecule has 0 amide bonds. The second kappa shape index (κ2) is 6.35. The van der Waals surface area contributed by atoms with E-state index in [1.54, 1.807) is 57.2 Å². The number of esters is 1. The van der Waals surface area contributed by atoms with E-state index in [1.165, 1.54) is 0 Å². The van der Waals surface area contributed by atoms with Gasteiger partial charge in [-0.25, -0.2) is 9.59 Å². The van der Waals surface area contributed by atoms with Crippen LogP contribution in [0.15, 0.2) is 36.4 Å². The van der Waals surface area contributed by atoms with Crippen molar-refractivity contribution in [3.8, 4) is 11.1 Å². The highest BCUT2D eigenvalue weighted by Crippen LogP contribution is 2.32. The zero-order chi connectivity index (χ0) is 18.1. The number of hydrogen-bond acceptors (Lipinski definition) is 4. The van der Waals surface area contributed by atoms with Crippen LogP contribution in [-0.2, 0) is 4.74 Å². The van der Waals surface area contributed by atoms with Gasteiger partial charge < -0.3 is 15.6 Å². The molecule has 2 aromatic rings. The molecule has 24 heavy (non-hydrogen) atoms. The molecule has 0 fully saturated rings. The van der Waals surface area contributed by atoms with Crippen LogP contribution in [0.1, 0.15) is 47.1 Å². The first-order valence-electron chi connectivity index (χ1n) is 7.56. The first kappa shape index (κ1) is 17.5. The molecule has 5 heteroatoms. The number of aromatic carboxylic acids is 1. The summed E-state index contributed by atoms with van der Waals surface area (Å²) in [6.45, 7) is 7.13. The molecule has 0 aliphatic carbocycles. The Labute approximate surface area is 141 Å². The molecule has 0 aromatic heterocycles. The highest BCUT2D eigenvalue weighted by Gasteiger charge is 2.22. The van der Waals surface area contributed by atoms with E-state index in [-0.39, 0.29) is 16.8 Å².